The number of carbonyl (C=O) groups is 2. The van der Waals surface area contributed by atoms with Crippen LogP contribution in [0, 0.1) is 11.8 Å². The van der Waals surface area contributed by atoms with Crippen LogP contribution in [0.25, 0.3) is 0 Å². The first kappa shape index (κ1) is 17.5. The molecule has 0 spiro atoms. The van der Waals surface area contributed by atoms with Crippen molar-refractivity contribution >= 4 is 11.8 Å². The summed E-state index contributed by atoms with van der Waals surface area (Å²) in [5.74, 6) is 1.82. The van der Waals surface area contributed by atoms with Gasteiger partial charge in [-0.3, -0.25) is 14.5 Å². The largest absolute Gasteiger partial charge is 0.497 e. The van der Waals surface area contributed by atoms with E-state index in [1.807, 2.05) is 17.0 Å². The van der Waals surface area contributed by atoms with Gasteiger partial charge >= 0.3 is 0 Å². The van der Waals surface area contributed by atoms with Crippen LogP contribution >= 0.6 is 0 Å². The summed E-state index contributed by atoms with van der Waals surface area (Å²) in [5.41, 5.74) is 5.29. The van der Waals surface area contributed by atoms with E-state index in [0.29, 0.717) is 29.9 Å². The predicted molar refractivity (Wildman–Crippen MR) is 92.3 cm³/mol. The second kappa shape index (κ2) is 7.74. The summed E-state index contributed by atoms with van der Waals surface area (Å²) in [6.45, 7) is 1.68. The zero-order valence-electron chi connectivity index (χ0n) is 14.4. The standard InChI is InChI=1S/C18H25N3O4/c1-24-13-3-2-4-14(7-13)25-11-18(23)20-16-9-21(10-17(19)22)8-15(16)12-5-6-12/h2-4,7,12,15-16H,5-6,8-11H2,1H3,(H2,19,22)(H,20,23)/t15-,16+/m0/s1. The van der Waals surface area contributed by atoms with E-state index < -0.39 is 0 Å². The lowest BCUT2D eigenvalue weighted by Crippen LogP contribution is -2.43. The average Bonchev–Trinajstić information content (AvgIpc) is 3.36. The number of methoxy groups -OCH3 is 1. The monoisotopic (exact) mass is 347 g/mol. The Labute approximate surface area is 147 Å². The van der Waals surface area contributed by atoms with Crippen molar-refractivity contribution in [1.82, 2.24) is 10.2 Å². The number of hydrogen-bond acceptors (Lipinski definition) is 5. The summed E-state index contributed by atoms with van der Waals surface area (Å²) in [6.07, 6.45) is 2.39. The van der Waals surface area contributed by atoms with Gasteiger partial charge in [0.1, 0.15) is 11.5 Å². The molecule has 1 aromatic carbocycles. The van der Waals surface area contributed by atoms with Crippen LogP contribution in [-0.4, -0.2) is 56.1 Å². The minimum atomic E-state index is -0.331. The van der Waals surface area contributed by atoms with E-state index in [4.69, 9.17) is 15.2 Å². The van der Waals surface area contributed by atoms with E-state index in [0.717, 1.165) is 6.54 Å². The zero-order valence-corrected chi connectivity index (χ0v) is 14.4. The van der Waals surface area contributed by atoms with E-state index in [2.05, 4.69) is 5.32 Å². The number of carbonyl (C=O) groups excluding carboxylic acids is 2. The van der Waals surface area contributed by atoms with E-state index in [1.165, 1.54) is 12.8 Å². The third-order valence-corrected chi connectivity index (χ3v) is 4.81. The van der Waals surface area contributed by atoms with Gasteiger partial charge in [-0.25, -0.2) is 0 Å². The van der Waals surface area contributed by atoms with Gasteiger partial charge in [0.15, 0.2) is 6.61 Å². The van der Waals surface area contributed by atoms with Crippen LogP contribution in [0.3, 0.4) is 0 Å². The van der Waals surface area contributed by atoms with Gasteiger partial charge in [0.25, 0.3) is 5.91 Å². The molecule has 0 radical (unpaired) electrons. The van der Waals surface area contributed by atoms with Crippen LogP contribution in [0.2, 0.25) is 0 Å². The Balaban J connectivity index is 1.51. The smallest absolute Gasteiger partial charge is 0.258 e. The maximum Gasteiger partial charge on any atom is 0.258 e. The predicted octanol–water partition coefficient (Wildman–Crippen LogP) is 0.386. The highest BCUT2D eigenvalue weighted by molar-refractivity contribution is 5.78. The number of nitrogens with two attached hydrogens (primary N) is 1. The van der Waals surface area contributed by atoms with Crippen molar-refractivity contribution in [3.63, 3.8) is 0 Å². The topological polar surface area (TPSA) is 93.9 Å². The Morgan fingerprint density at radius 3 is 2.72 bits per heavy atom. The van der Waals surface area contributed by atoms with Crippen LogP contribution < -0.4 is 20.5 Å². The summed E-state index contributed by atoms with van der Waals surface area (Å²) in [6, 6.07) is 7.21. The van der Waals surface area contributed by atoms with Crippen molar-refractivity contribution in [2.45, 2.75) is 18.9 Å². The zero-order chi connectivity index (χ0) is 17.8. The Bertz CT molecular complexity index is 633. The highest BCUT2D eigenvalue weighted by Gasteiger charge is 2.43. The second-order valence-electron chi connectivity index (χ2n) is 6.80. The molecular weight excluding hydrogens is 322 g/mol. The molecule has 136 valence electrons. The van der Waals surface area contributed by atoms with Gasteiger partial charge in [-0.15, -0.1) is 0 Å². The molecule has 3 rings (SSSR count). The summed E-state index contributed by atoms with van der Waals surface area (Å²) in [7, 11) is 1.59. The molecule has 2 fully saturated rings. The molecule has 7 nitrogen and oxygen atoms in total. The lowest BCUT2D eigenvalue weighted by molar-refractivity contribution is -0.124. The van der Waals surface area contributed by atoms with E-state index >= 15 is 0 Å². The van der Waals surface area contributed by atoms with Crippen LogP contribution in [0.4, 0.5) is 0 Å². The van der Waals surface area contributed by atoms with Gasteiger partial charge in [-0.1, -0.05) is 6.07 Å². The number of nitrogens with one attached hydrogen (secondary N) is 1. The maximum atomic E-state index is 12.3. The Morgan fingerprint density at radius 2 is 2.04 bits per heavy atom. The number of ether oxygens (including phenoxy) is 2. The van der Waals surface area contributed by atoms with Gasteiger partial charge in [0.05, 0.1) is 13.7 Å². The highest BCUT2D eigenvalue weighted by Crippen LogP contribution is 2.41. The highest BCUT2D eigenvalue weighted by atomic mass is 16.5. The van der Waals surface area contributed by atoms with Gasteiger partial charge in [0, 0.05) is 25.2 Å². The SMILES string of the molecule is COc1cccc(OCC(=O)N[C@@H]2CN(CC(N)=O)C[C@H]2C2CC2)c1. The molecule has 1 saturated heterocycles. The third-order valence-electron chi connectivity index (χ3n) is 4.81. The minimum absolute atomic E-state index is 0.0448. The van der Waals surface area contributed by atoms with E-state index in [-0.39, 0.29) is 31.0 Å². The fourth-order valence-corrected chi connectivity index (χ4v) is 3.51. The fourth-order valence-electron chi connectivity index (χ4n) is 3.51. The second-order valence-corrected chi connectivity index (χ2v) is 6.80. The summed E-state index contributed by atoms with van der Waals surface area (Å²) in [5, 5.41) is 3.06. The molecular formula is C18H25N3O4. The van der Waals surface area contributed by atoms with E-state index in [1.54, 1.807) is 19.2 Å². The first-order chi connectivity index (χ1) is 12.0. The van der Waals surface area contributed by atoms with Crippen molar-refractivity contribution in [1.29, 1.82) is 0 Å². The number of rotatable bonds is 8. The fraction of sp³-hybridized carbons (Fsp3) is 0.556. The Hall–Kier alpha value is -2.28. The maximum absolute atomic E-state index is 12.3. The van der Waals surface area contributed by atoms with Crippen LogP contribution in [-0.2, 0) is 9.59 Å². The molecule has 1 aliphatic heterocycles. The normalized spacial score (nSPS) is 23.2. The molecule has 0 bridgehead atoms. The van der Waals surface area contributed by atoms with Crippen molar-refractivity contribution in [3.05, 3.63) is 24.3 Å². The Kier molecular flexibility index (Phi) is 5.43. The number of hydrogen-bond donors (Lipinski definition) is 2. The Morgan fingerprint density at radius 1 is 1.28 bits per heavy atom. The van der Waals surface area contributed by atoms with Crippen LogP contribution in [0.15, 0.2) is 24.3 Å². The quantitative estimate of drug-likeness (QED) is 0.709. The van der Waals surface area contributed by atoms with Crippen LogP contribution in [0.5, 0.6) is 11.5 Å². The number of benzene rings is 1. The molecule has 1 heterocycles. The first-order valence-corrected chi connectivity index (χ1v) is 8.62. The van der Waals surface area contributed by atoms with Crippen molar-refractivity contribution in [3.8, 4) is 11.5 Å². The van der Waals surface area contributed by atoms with Gasteiger partial charge in [0.2, 0.25) is 5.91 Å². The summed E-state index contributed by atoms with van der Waals surface area (Å²) < 4.78 is 10.7. The molecule has 0 unspecified atom stereocenters. The first-order valence-electron chi connectivity index (χ1n) is 8.62. The van der Waals surface area contributed by atoms with Gasteiger partial charge < -0.3 is 20.5 Å². The third kappa shape index (κ3) is 4.85. The lowest BCUT2D eigenvalue weighted by Gasteiger charge is -2.19. The number of likely N-dealkylation sites (tertiary alicyclic amines) is 1. The molecule has 3 N–H and O–H groups in total. The van der Waals surface area contributed by atoms with E-state index in [9.17, 15) is 9.59 Å². The van der Waals surface area contributed by atoms with Gasteiger partial charge in [-0.05, 0) is 36.8 Å². The summed E-state index contributed by atoms with van der Waals surface area (Å²) >= 11 is 0. The molecule has 1 aromatic rings. The summed E-state index contributed by atoms with van der Waals surface area (Å²) in [4.78, 5) is 25.4. The van der Waals surface area contributed by atoms with Crippen LogP contribution in [0.1, 0.15) is 12.8 Å². The van der Waals surface area contributed by atoms with Crippen molar-refractivity contribution in [2.75, 3.05) is 33.4 Å². The van der Waals surface area contributed by atoms with Crippen molar-refractivity contribution < 1.29 is 19.1 Å². The van der Waals surface area contributed by atoms with Crippen molar-refractivity contribution in [2.24, 2.45) is 17.6 Å². The molecule has 2 atom stereocenters. The molecule has 2 aliphatic rings. The molecule has 25 heavy (non-hydrogen) atoms. The molecule has 0 aromatic heterocycles. The number of primary amides is 1. The molecule has 1 saturated carbocycles. The molecule has 2 amide bonds. The van der Waals surface area contributed by atoms with Gasteiger partial charge in [-0.2, -0.15) is 0 Å². The lowest BCUT2D eigenvalue weighted by atomic mass is 9.98. The molecule has 1 aliphatic carbocycles. The minimum Gasteiger partial charge on any atom is -0.497 e. The number of amides is 2. The average molecular weight is 347 g/mol. The molecule has 7 heteroatoms. The number of nitrogens with zero attached hydrogens (tertiary/aromatic N) is 1.